The van der Waals surface area contributed by atoms with Gasteiger partial charge in [-0.15, -0.1) is 0 Å². The van der Waals surface area contributed by atoms with E-state index in [0.29, 0.717) is 11.1 Å². The number of hydrogen-bond acceptors (Lipinski definition) is 5. The molecule has 0 fully saturated rings. The van der Waals surface area contributed by atoms with E-state index >= 15 is 0 Å². The van der Waals surface area contributed by atoms with Gasteiger partial charge in [-0.3, -0.25) is 4.79 Å². The molecule has 2 heterocycles. The van der Waals surface area contributed by atoms with E-state index in [1.54, 1.807) is 24.3 Å². The van der Waals surface area contributed by atoms with E-state index in [9.17, 15) is 13.2 Å². The van der Waals surface area contributed by atoms with Crippen molar-refractivity contribution in [3.8, 4) is 5.75 Å². The van der Waals surface area contributed by atoms with Gasteiger partial charge in [0.05, 0.1) is 17.4 Å². The van der Waals surface area contributed by atoms with Gasteiger partial charge in [0.15, 0.2) is 11.4 Å². The molecular formula is C16H14N2O4S. The van der Waals surface area contributed by atoms with E-state index < -0.39 is 10.0 Å². The highest BCUT2D eigenvalue weighted by molar-refractivity contribution is 7.90. The number of hydrogen-bond donors (Lipinski definition) is 0. The largest absolute Gasteiger partial charge is 0.496 e. The van der Waals surface area contributed by atoms with Gasteiger partial charge >= 0.3 is 0 Å². The SMILES string of the molecule is COc1ccnc2c1c(C(C)=O)cn2S(=O)(=O)c1ccccc1. The van der Waals surface area contributed by atoms with Crippen molar-refractivity contribution in [2.75, 3.05) is 7.11 Å². The molecule has 23 heavy (non-hydrogen) atoms. The van der Waals surface area contributed by atoms with Gasteiger partial charge in [0.2, 0.25) is 0 Å². The first-order valence-electron chi connectivity index (χ1n) is 6.82. The van der Waals surface area contributed by atoms with Crippen LogP contribution in [-0.4, -0.2) is 30.3 Å². The first-order valence-corrected chi connectivity index (χ1v) is 8.26. The molecule has 1 aromatic carbocycles. The van der Waals surface area contributed by atoms with Crippen molar-refractivity contribution < 1.29 is 17.9 Å². The lowest BCUT2D eigenvalue weighted by molar-refractivity contribution is 0.101. The van der Waals surface area contributed by atoms with Crippen molar-refractivity contribution >= 4 is 26.8 Å². The zero-order valence-corrected chi connectivity index (χ0v) is 13.4. The molecule has 118 valence electrons. The highest BCUT2D eigenvalue weighted by atomic mass is 32.2. The number of nitrogens with zero attached hydrogens (tertiary/aromatic N) is 2. The number of carbonyl (C=O) groups is 1. The molecule has 0 aliphatic carbocycles. The quantitative estimate of drug-likeness (QED) is 0.687. The number of fused-ring (bicyclic) bond motifs is 1. The van der Waals surface area contributed by atoms with Crippen LogP contribution in [0.5, 0.6) is 5.75 Å². The number of benzene rings is 1. The fraction of sp³-hybridized carbons (Fsp3) is 0.125. The van der Waals surface area contributed by atoms with Gasteiger partial charge in [-0.1, -0.05) is 18.2 Å². The lowest BCUT2D eigenvalue weighted by Crippen LogP contribution is -2.12. The average Bonchev–Trinajstić information content (AvgIpc) is 2.96. The lowest BCUT2D eigenvalue weighted by atomic mass is 10.1. The summed E-state index contributed by atoms with van der Waals surface area (Å²) in [5.74, 6) is 0.144. The Hall–Kier alpha value is -2.67. The number of methoxy groups -OCH3 is 1. The summed E-state index contributed by atoms with van der Waals surface area (Å²) in [5.41, 5.74) is 0.419. The maximum atomic E-state index is 12.9. The third-order valence-electron chi connectivity index (χ3n) is 3.52. The van der Waals surface area contributed by atoms with Crippen molar-refractivity contribution in [1.29, 1.82) is 0 Å². The molecular weight excluding hydrogens is 316 g/mol. The first kappa shape index (κ1) is 15.2. The van der Waals surface area contributed by atoms with Crippen LogP contribution in [0.15, 0.2) is 53.7 Å². The highest BCUT2D eigenvalue weighted by Crippen LogP contribution is 2.31. The zero-order valence-electron chi connectivity index (χ0n) is 12.6. The second kappa shape index (κ2) is 5.51. The molecule has 2 aromatic heterocycles. The van der Waals surface area contributed by atoms with Crippen LogP contribution in [0.4, 0.5) is 0 Å². The van der Waals surface area contributed by atoms with E-state index in [2.05, 4.69) is 4.98 Å². The Morgan fingerprint density at radius 3 is 2.48 bits per heavy atom. The molecule has 0 unspecified atom stereocenters. The Kier molecular flexibility index (Phi) is 3.65. The molecule has 3 aromatic rings. The third kappa shape index (κ3) is 2.39. The Morgan fingerprint density at radius 2 is 1.87 bits per heavy atom. The molecule has 0 spiro atoms. The minimum atomic E-state index is -3.86. The second-order valence-corrected chi connectivity index (χ2v) is 6.74. The van der Waals surface area contributed by atoms with Gasteiger partial charge < -0.3 is 4.74 Å². The maximum Gasteiger partial charge on any atom is 0.269 e. The third-order valence-corrected chi connectivity index (χ3v) is 5.18. The van der Waals surface area contributed by atoms with Gasteiger partial charge in [0.25, 0.3) is 10.0 Å². The van der Waals surface area contributed by atoms with Gasteiger partial charge in [-0.25, -0.2) is 17.4 Å². The molecule has 0 aliphatic rings. The van der Waals surface area contributed by atoms with Crippen molar-refractivity contribution in [3.63, 3.8) is 0 Å². The summed E-state index contributed by atoms with van der Waals surface area (Å²) < 4.78 is 32.0. The summed E-state index contributed by atoms with van der Waals surface area (Å²) in [6.45, 7) is 1.38. The van der Waals surface area contributed by atoms with E-state index in [1.807, 2.05) is 0 Å². The lowest BCUT2D eigenvalue weighted by Gasteiger charge is -2.07. The first-order chi connectivity index (χ1) is 11.0. The molecule has 0 saturated heterocycles. The molecule has 6 nitrogen and oxygen atoms in total. The van der Waals surface area contributed by atoms with E-state index in [0.717, 1.165) is 3.97 Å². The molecule has 3 rings (SSSR count). The molecule has 0 aliphatic heterocycles. The number of ketones is 1. The summed E-state index contributed by atoms with van der Waals surface area (Å²) in [5, 5.41) is 0.391. The topological polar surface area (TPSA) is 78.3 Å². The highest BCUT2D eigenvalue weighted by Gasteiger charge is 2.25. The molecule has 0 N–H and O–H groups in total. The van der Waals surface area contributed by atoms with Gasteiger partial charge in [0.1, 0.15) is 5.75 Å². The number of Topliss-reactive ketones (excluding diaryl/α,β-unsaturated/α-hetero) is 1. The summed E-state index contributed by atoms with van der Waals surface area (Å²) in [6, 6.07) is 9.59. The summed E-state index contributed by atoms with van der Waals surface area (Å²) >= 11 is 0. The summed E-state index contributed by atoms with van der Waals surface area (Å²) in [7, 11) is -2.40. The van der Waals surface area contributed by atoms with Crippen molar-refractivity contribution in [2.45, 2.75) is 11.8 Å². The van der Waals surface area contributed by atoms with Crippen LogP contribution in [0.2, 0.25) is 0 Å². The standard InChI is InChI=1S/C16H14N2O4S/c1-11(19)13-10-18(16-15(13)14(22-2)8-9-17-16)23(20,21)12-6-4-3-5-7-12/h3-10H,1-2H3. The number of aromatic nitrogens is 2. The van der Waals surface area contributed by atoms with Crippen LogP contribution < -0.4 is 4.74 Å². The Balaban J connectivity index is 2.38. The fourth-order valence-electron chi connectivity index (χ4n) is 2.42. The van der Waals surface area contributed by atoms with Crippen molar-refractivity contribution in [3.05, 3.63) is 54.4 Å². The van der Waals surface area contributed by atoms with Crippen LogP contribution >= 0.6 is 0 Å². The Bertz CT molecular complexity index is 992. The van der Waals surface area contributed by atoms with Gasteiger partial charge in [0, 0.05) is 18.0 Å². The van der Waals surface area contributed by atoms with E-state index in [-0.39, 0.29) is 21.9 Å². The smallest absolute Gasteiger partial charge is 0.269 e. The average molecular weight is 330 g/mol. The number of rotatable bonds is 4. The van der Waals surface area contributed by atoms with Crippen molar-refractivity contribution in [1.82, 2.24) is 8.96 Å². The molecule has 0 bridgehead atoms. The fourth-order valence-corrected chi connectivity index (χ4v) is 3.76. The predicted molar refractivity (Wildman–Crippen MR) is 85.3 cm³/mol. The number of carbonyl (C=O) groups excluding carboxylic acids is 1. The number of pyridine rings is 1. The maximum absolute atomic E-state index is 12.9. The normalized spacial score (nSPS) is 11.6. The van der Waals surface area contributed by atoms with E-state index in [4.69, 9.17) is 4.74 Å². The Labute approximate surface area is 133 Å². The monoisotopic (exact) mass is 330 g/mol. The van der Waals surface area contributed by atoms with Crippen LogP contribution in [0.3, 0.4) is 0 Å². The van der Waals surface area contributed by atoms with Crippen LogP contribution in [0.1, 0.15) is 17.3 Å². The molecule has 0 atom stereocenters. The van der Waals surface area contributed by atoms with Crippen LogP contribution in [0.25, 0.3) is 11.0 Å². The van der Waals surface area contributed by atoms with Crippen LogP contribution in [0, 0.1) is 0 Å². The summed E-state index contributed by atoms with van der Waals surface area (Å²) in [4.78, 5) is 16.2. The molecule has 0 amide bonds. The minimum absolute atomic E-state index is 0.122. The van der Waals surface area contributed by atoms with Crippen molar-refractivity contribution in [2.24, 2.45) is 0 Å². The van der Waals surface area contributed by atoms with Gasteiger partial charge in [-0.05, 0) is 25.1 Å². The number of ether oxygens (including phenoxy) is 1. The van der Waals surface area contributed by atoms with E-state index in [1.165, 1.54) is 38.6 Å². The molecule has 0 radical (unpaired) electrons. The molecule has 7 heteroatoms. The predicted octanol–water partition coefficient (Wildman–Crippen LogP) is 2.48. The van der Waals surface area contributed by atoms with Crippen LogP contribution in [-0.2, 0) is 10.0 Å². The Morgan fingerprint density at radius 1 is 1.17 bits per heavy atom. The summed E-state index contributed by atoms with van der Waals surface area (Å²) in [6.07, 6.45) is 2.74. The second-order valence-electron chi connectivity index (χ2n) is 4.92. The van der Waals surface area contributed by atoms with Gasteiger partial charge in [-0.2, -0.15) is 0 Å². The zero-order chi connectivity index (χ0) is 16.6. The molecule has 0 saturated carbocycles. The minimum Gasteiger partial charge on any atom is -0.496 e.